The fourth-order valence-corrected chi connectivity index (χ4v) is 3.15. The zero-order valence-electron chi connectivity index (χ0n) is 12.0. The van der Waals surface area contributed by atoms with Crippen LogP contribution in [0.2, 0.25) is 0 Å². The van der Waals surface area contributed by atoms with Gasteiger partial charge >= 0.3 is 0 Å². The van der Waals surface area contributed by atoms with Crippen LogP contribution in [0.4, 0.5) is 5.69 Å². The van der Waals surface area contributed by atoms with Crippen molar-refractivity contribution in [2.75, 3.05) is 31.6 Å². The fourth-order valence-electron chi connectivity index (χ4n) is 3.15. The number of hydrogen-bond acceptors (Lipinski definition) is 2. The highest BCUT2D eigenvalue weighted by Crippen LogP contribution is 2.33. The average Bonchev–Trinajstić information content (AvgIpc) is 2.79. The van der Waals surface area contributed by atoms with E-state index < -0.39 is 0 Å². The molecule has 0 saturated carbocycles. The molecule has 100 valence electrons. The maximum atomic E-state index is 3.54. The topological polar surface area (TPSA) is 15.3 Å². The summed E-state index contributed by atoms with van der Waals surface area (Å²) in [4.78, 5) is 2.42. The van der Waals surface area contributed by atoms with Gasteiger partial charge in [-0.05, 0) is 38.4 Å². The minimum Gasteiger partial charge on any atom is -0.374 e. The molecule has 0 amide bonds. The number of anilines is 1. The van der Waals surface area contributed by atoms with Gasteiger partial charge in [0.05, 0.1) is 0 Å². The minimum atomic E-state index is 0.481. The quantitative estimate of drug-likeness (QED) is 0.858. The third-order valence-corrected chi connectivity index (χ3v) is 4.16. The largest absolute Gasteiger partial charge is 0.374 e. The van der Waals surface area contributed by atoms with Gasteiger partial charge in [0.1, 0.15) is 0 Å². The third kappa shape index (κ3) is 3.05. The van der Waals surface area contributed by atoms with Crippen molar-refractivity contribution < 1.29 is 0 Å². The van der Waals surface area contributed by atoms with Crippen LogP contribution >= 0.6 is 0 Å². The molecule has 0 aliphatic carbocycles. The van der Waals surface area contributed by atoms with E-state index >= 15 is 0 Å². The summed E-state index contributed by atoms with van der Waals surface area (Å²) in [6, 6.07) is 8.87. The highest BCUT2D eigenvalue weighted by atomic mass is 15.1. The molecule has 0 aromatic heterocycles. The number of benzene rings is 1. The van der Waals surface area contributed by atoms with Gasteiger partial charge in [-0.2, -0.15) is 0 Å². The number of nitrogens with one attached hydrogen (secondary N) is 1. The van der Waals surface area contributed by atoms with E-state index in [4.69, 9.17) is 0 Å². The molecule has 18 heavy (non-hydrogen) atoms. The minimum absolute atomic E-state index is 0.481. The van der Waals surface area contributed by atoms with Crippen LogP contribution in [0.15, 0.2) is 24.3 Å². The molecule has 1 aliphatic heterocycles. The number of rotatable bonds is 5. The smallest absolute Gasteiger partial charge is 0.0363 e. The van der Waals surface area contributed by atoms with E-state index in [1.54, 1.807) is 0 Å². The Morgan fingerprint density at radius 1 is 1.28 bits per heavy atom. The number of hydrogen-bond donors (Lipinski definition) is 1. The summed E-state index contributed by atoms with van der Waals surface area (Å²) in [5.74, 6) is 0. The molecule has 1 unspecified atom stereocenters. The first-order valence-corrected chi connectivity index (χ1v) is 7.14. The van der Waals surface area contributed by atoms with E-state index in [0.717, 1.165) is 6.54 Å². The van der Waals surface area contributed by atoms with Crippen molar-refractivity contribution in [1.29, 1.82) is 0 Å². The molecule has 1 atom stereocenters. The molecular formula is C16H26N2. The van der Waals surface area contributed by atoms with Crippen molar-refractivity contribution in [3.63, 3.8) is 0 Å². The van der Waals surface area contributed by atoms with Gasteiger partial charge in [-0.3, -0.25) is 0 Å². The Kier molecular flexibility index (Phi) is 4.28. The molecule has 2 rings (SSSR count). The van der Waals surface area contributed by atoms with Gasteiger partial charge in [-0.1, -0.05) is 31.0 Å². The van der Waals surface area contributed by atoms with Crippen molar-refractivity contribution in [2.24, 2.45) is 5.41 Å². The van der Waals surface area contributed by atoms with Crippen LogP contribution in [-0.4, -0.2) is 26.7 Å². The molecule has 1 aromatic carbocycles. The van der Waals surface area contributed by atoms with Crippen LogP contribution in [0.5, 0.6) is 0 Å². The highest BCUT2D eigenvalue weighted by molar-refractivity contribution is 5.47. The van der Waals surface area contributed by atoms with Crippen LogP contribution in [0.1, 0.15) is 31.7 Å². The van der Waals surface area contributed by atoms with Crippen LogP contribution in [0.25, 0.3) is 0 Å². The summed E-state index contributed by atoms with van der Waals surface area (Å²) in [7, 11) is 2.22. The van der Waals surface area contributed by atoms with E-state index in [1.165, 1.54) is 43.6 Å². The van der Waals surface area contributed by atoms with Crippen molar-refractivity contribution in [3.05, 3.63) is 29.8 Å². The van der Waals surface area contributed by atoms with Gasteiger partial charge in [-0.15, -0.1) is 0 Å². The van der Waals surface area contributed by atoms with Gasteiger partial charge in [0, 0.05) is 31.2 Å². The second kappa shape index (κ2) is 5.75. The first kappa shape index (κ1) is 13.4. The summed E-state index contributed by atoms with van der Waals surface area (Å²) < 4.78 is 0. The predicted molar refractivity (Wildman–Crippen MR) is 79.3 cm³/mol. The summed E-state index contributed by atoms with van der Waals surface area (Å²) in [5.41, 5.74) is 3.15. The van der Waals surface area contributed by atoms with E-state index in [-0.39, 0.29) is 0 Å². The van der Waals surface area contributed by atoms with Crippen molar-refractivity contribution in [3.8, 4) is 0 Å². The monoisotopic (exact) mass is 246 g/mol. The first-order valence-electron chi connectivity index (χ1n) is 7.14. The van der Waals surface area contributed by atoms with Crippen LogP contribution in [0.3, 0.4) is 0 Å². The Bertz CT molecular complexity index is 363. The van der Waals surface area contributed by atoms with Crippen molar-refractivity contribution in [1.82, 2.24) is 5.32 Å². The lowest BCUT2D eigenvalue weighted by atomic mass is 9.82. The Morgan fingerprint density at radius 3 is 2.56 bits per heavy atom. The molecule has 0 radical (unpaired) electrons. The molecule has 0 spiro atoms. The summed E-state index contributed by atoms with van der Waals surface area (Å²) in [6.07, 6.45) is 3.93. The third-order valence-electron chi connectivity index (χ3n) is 4.16. The van der Waals surface area contributed by atoms with E-state index in [2.05, 4.69) is 55.4 Å². The second-order valence-corrected chi connectivity index (χ2v) is 5.87. The maximum absolute atomic E-state index is 3.54. The van der Waals surface area contributed by atoms with Crippen LogP contribution in [-0.2, 0) is 0 Å². The average molecular weight is 246 g/mol. The van der Waals surface area contributed by atoms with E-state index in [9.17, 15) is 0 Å². The molecule has 1 aliphatic rings. The Morgan fingerprint density at radius 2 is 2.00 bits per heavy atom. The van der Waals surface area contributed by atoms with Gasteiger partial charge in [0.25, 0.3) is 0 Å². The standard InChI is InChI=1S/C16H26N2/c1-4-9-16(10-11-17-12-16)13-18(3)15-7-5-14(2)6-8-15/h5-8,17H,4,9-13H2,1-3H3. The van der Waals surface area contributed by atoms with Gasteiger partial charge in [0.15, 0.2) is 0 Å². The molecule has 1 fully saturated rings. The molecular weight excluding hydrogens is 220 g/mol. The molecule has 1 aromatic rings. The maximum Gasteiger partial charge on any atom is 0.0363 e. The van der Waals surface area contributed by atoms with E-state index in [0.29, 0.717) is 5.41 Å². The molecule has 2 nitrogen and oxygen atoms in total. The SMILES string of the molecule is CCCC1(CN(C)c2ccc(C)cc2)CCNC1. The molecule has 1 saturated heterocycles. The Balaban J connectivity index is 2.04. The lowest BCUT2D eigenvalue weighted by Gasteiger charge is -2.34. The Hall–Kier alpha value is -1.02. The zero-order chi connectivity index (χ0) is 13.0. The summed E-state index contributed by atoms with van der Waals surface area (Å²) in [5, 5.41) is 3.54. The first-order chi connectivity index (χ1) is 8.65. The van der Waals surface area contributed by atoms with Crippen LogP contribution in [0, 0.1) is 12.3 Å². The number of aryl methyl sites for hydroxylation is 1. The molecule has 1 N–H and O–H groups in total. The summed E-state index contributed by atoms with van der Waals surface area (Å²) >= 11 is 0. The summed E-state index contributed by atoms with van der Waals surface area (Å²) in [6.45, 7) is 7.96. The van der Waals surface area contributed by atoms with Crippen molar-refractivity contribution in [2.45, 2.75) is 33.1 Å². The van der Waals surface area contributed by atoms with Crippen LogP contribution < -0.4 is 10.2 Å². The van der Waals surface area contributed by atoms with Gasteiger partial charge in [-0.25, -0.2) is 0 Å². The van der Waals surface area contributed by atoms with Gasteiger partial charge < -0.3 is 10.2 Å². The fraction of sp³-hybridized carbons (Fsp3) is 0.625. The second-order valence-electron chi connectivity index (χ2n) is 5.87. The van der Waals surface area contributed by atoms with Crippen molar-refractivity contribution >= 4 is 5.69 Å². The highest BCUT2D eigenvalue weighted by Gasteiger charge is 2.33. The molecule has 0 bridgehead atoms. The zero-order valence-corrected chi connectivity index (χ0v) is 12.0. The van der Waals surface area contributed by atoms with Gasteiger partial charge in [0.2, 0.25) is 0 Å². The number of nitrogens with zero attached hydrogens (tertiary/aromatic N) is 1. The normalized spacial score (nSPS) is 23.3. The Labute approximate surface area is 111 Å². The predicted octanol–water partition coefficient (Wildman–Crippen LogP) is 3.21. The molecule has 1 heterocycles. The molecule has 2 heteroatoms. The van der Waals surface area contributed by atoms with E-state index in [1.807, 2.05) is 0 Å². The lowest BCUT2D eigenvalue weighted by Crippen LogP contribution is -2.37. The lowest BCUT2D eigenvalue weighted by molar-refractivity contribution is 0.299.